The lowest BCUT2D eigenvalue weighted by molar-refractivity contribution is -0.137. The molecule has 0 bridgehead atoms. The zero-order chi connectivity index (χ0) is 18.1. The molecular weight excluding hydrogens is 377 g/mol. The summed E-state index contributed by atoms with van der Waals surface area (Å²) in [7, 11) is -4.35. The van der Waals surface area contributed by atoms with Crippen molar-refractivity contribution >= 4 is 30.8 Å². The van der Waals surface area contributed by atoms with Crippen LogP contribution in [0.15, 0.2) is 24.4 Å². The highest BCUT2D eigenvalue weighted by molar-refractivity contribution is 7.50. The summed E-state index contributed by atoms with van der Waals surface area (Å²) in [5, 5.41) is 1.49. The summed E-state index contributed by atoms with van der Waals surface area (Å²) < 4.78 is 62.4. The Kier molecular flexibility index (Phi) is 5.14. The van der Waals surface area contributed by atoms with E-state index in [2.05, 4.69) is 15.3 Å². The van der Waals surface area contributed by atoms with E-state index in [0.717, 1.165) is 12.1 Å². The van der Waals surface area contributed by atoms with Crippen LogP contribution in [-0.2, 0) is 16.9 Å². The lowest BCUT2D eigenvalue weighted by Gasteiger charge is -2.11. The van der Waals surface area contributed by atoms with Crippen LogP contribution in [0.5, 0.6) is 0 Å². The lowest BCUT2D eigenvalue weighted by atomic mass is 10.2. The van der Waals surface area contributed by atoms with Gasteiger partial charge >= 0.3 is 13.8 Å². The number of hydrogen-bond acceptors (Lipinski definition) is 4. The number of halogens is 5. The third-order valence-corrected chi connectivity index (χ3v) is 3.78. The summed E-state index contributed by atoms with van der Waals surface area (Å²) in [6, 6.07) is 3.28. The molecule has 6 nitrogen and oxygen atoms in total. The number of alkyl halides is 3. The van der Waals surface area contributed by atoms with Crippen LogP contribution in [0, 0.1) is 5.82 Å². The molecule has 0 saturated heterocycles. The second-order valence-corrected chi connectivity index (χ2v) is 6.66. The molecule has 2 aromatic rings. The van der Waals surface area contributed by atoms with Crippen LogP contribution in [0.2, 0.25) is 5.15 Å². The maximum Gasteiger partial charge on any atom is 0.420 e. The van der Waals surface area contributed by atoms with Gasteiger partial charge in [-0.2, -0.15) is 13.2 Å². The summed E-state index contributed by atoms with van der Waals surface area (Å²) in [5.41, 5.74) is -1.37. The SMILES string of the molecule is O=P(O)(O)Cc1ccc(Nc2ncc(C(F)(F)F)c(Cl)n2)c(F)c1. The van der Waals surface area contributed by atoms with Crippen molar-refractivity contribution in [2.24, 2.45) is 0 Å². The molecule has 1 aromatic heterocycles. The molecule has 2 rings (SSSR count). The summed E-state index contributed by atoms with van der Waals surface area (Å²) >= 11 is 5.43. The van der Waals surface area contributed by atoms with E-state index < -0.39 is 36.5 Å². The Bertz CT molecular complexity index is 813. The molecule has 0 atom stereocenters. The monoisotopic (exact) mass is 385 g/mol. The van der Waals surface area contributed by atoms with Crippen molar-refractivity contribution in [1.82, 2.24) is 9.97 Å². The van der Waals surface area contributed by atoms with Gasteiger partial charge < -0.3 is 15.1 Å². The van der Waals surface area contributed by atoms with Gasteiger partial charge in [0.1, 0.15) is 16.5 Å². The Balaban J connectivity index is 2.23. The maximum absolute atomic E-state index is 13.9. The first-order valence-electron chi connectivity index (χ1n) is 6.15. The van der Waals surface area contributed by atoms with E-state index in [4.69, 9.17) is 21.4 Å². The zero-order valence-corrected chi connectivity index (χ0v) is 13.2. The molecule has 130 valence electrons. The van der Waals surface area contributed by atoms with Gasteiger partial charge in [0.25, 0.3) is 0 Å². The highest BCUT2D eigenvalue weighted by Gasteiger charge is 2.34. The van der Waals surface area contributed by atoms with Gasteiger partial charge in [0.15, 0.2) is 0 Å². The first-order chi connectivity index (χ1) is 11.0. The van der Waals surface area contributed by atoms with Crippen LogP contribution in [0.25, 0.3) is 0 Å². The first kappa shape index (κ1) is 18.6. The molecule has 12 heteroatoms. The molecule has 0 spiro atoms. The van der Waals surface area contributed by atoms with Gasteiger partial charge in [-0.1, -0.05) is 17.7 Å². The quantitative estimate of drug-likeness (QED) is 0.422. The minimum atomic E-state index is -4.72. The molecule has 3 N–H and O–H groups in total. The van der Waals surface area contributed by atoms with Crippen LogP contribution in [0.3, 0.4) is 0 Å². The molecule has 1 aromatic carbocycles. The second-order valence-electron chi connectivity index (χ2n) is 4.66. The van der Waals surface area contributed by atoms with Crippen molar-refractivity contribution in [3.63, 3.8) is 0 Å². The van der Waals surface area contributed by atoms with Gasteiger partial charge in [0.05, 0.1) is 11.8 Å². The number of nitrogens with zero attached hydrogens (tertiary/aromatic N) is 2. The van der Waals surface area contributed by atoms with E-state index in [1.165, 1.54) is 6.07 Å². The van der Waals surface area contributed by atoms with Crippen molar-refractivity contribution in [1.29, 1.82) is 0 Å². The Morgan fingerprint density at radius 1 is 1.29 bits per heavy atom. The van der Waals surface area contributed by atoms with E-state index in [1.807, 2.05) is 0 Å². The average Bonchev–Trinajstić information content (AvgIpc) is 2.38. The summed E-state index contributed by atoms with van der Waals surface area (Å²) in [6.07, 6.45) is -4.91. The molecular formula is C12H9ClF4N3O3P. The Morgan fingerprint density at radius 3 is 2.46 bits per heavy atom. The average molecular weight is 386 g/mol. The van der Waals surface area contributed by atoms with Gasteiger partial charge in [0, 0.05) is 6.20 Å². The third kappa shape index (κ3) is 4.88. The normalized spacial score (nSPS) is 12.3. The molecule has 0 fully saturated rings. The fourth-order valence-electron chi connectivity index (χ4n) is 1.73. The predicted octanol–water partition coefficient (Wildman–Crippen LogP) is 3.71. The minimum Gasteiger partial charge on any atom is -0.324 e. The van der Waals surface area contributed by atoms with Gasteiger partial charge in [-0.05, 0) is 17.7 Å². The Morgan fingerprint density at radius 2 is 1.96 bits per heavy atom. The van der Waals surface area contributed by atoms with Crippen molar-refractivity contribution in [3.8, 4) is 0 Å². The van der Waals surface area contributed by atoms with Crippen LogP contribution in [-0.4, -0.2) is 19.8 Å². The minimum absolute atomic E-state index is 0.0535. The molecule has 24 heavy (non-hydrogen) atoms. The van der Waals surface area contributed by atoms with Crippen LogP contribution < -0.4 is 5.32 Å². The first-order valence-corrected chi connectivity index (χ1v) is 8.33. The summed E-state index contributed by atoms with van der Waals surface area (Å²) in [5.74, 6) is -1.25. The number of anilines is 2. The fraction of sp³-hybridized carbons (Fsp3) is 0.167. The molecule has 0 aliphatic carbocycles. The van der Waals surface area contributed by atoms with Crippen molar-refractivity contribution in [2.75, 3.05) is 5.32 Å². The molecule has 0 amide bonds. The van der Waals surface area contributed by atoms with Crippen molar-refractivity contribution in [3.05, 3.63) is 46.5 Å². The highest BCUT2D eigenvalue weighted by atomic mass is 35.5. The molecule has 0 radical (unpaired) electrons. The number of hydrogen-bond donors (Lipinski definition) is 3. The number of aromatic nitrogens is 2. The maximum atomic E-state index is 13.9. The fourth-order valence-corrected chi connectivity index (χ4v) is 2.64. The number of rotatable bonds is 4. The Hall–Kier alpha value is -1.74. The Labute approximate surface area is 137 Å². The topological polar surface area (TPSA) is 95.3 Å². The zero-order valence-electron chi connectivity index (χ0n) is 11.6. The number of nitrogens with one attached hydrogen (secondary N) is 1. The van der Waals surface area contributed by atoms with Crippen LogP contribution in [0.1, 0.15) is 11.1 Å². The van der Waals surface area contributed by atoms with E-state index in [9.17, 15) is 22.1 Å². The van der Waals surface area contributed by atoms with E-state index >= 15 is 0 Å². The van der Waals surface area contributed by atoms with Gasteiger partial charge in [-0.25, -0.2) is 14.4 Å². The lowest BCUT2D eigenvalue weighted by Crippen LogP contribution is -2.09. The standard InChI is InChI=1S/C12H9ClF4N3O3P/c13-10-7(12(15,16)17)4-18-11(20-10)19-9-2-1-6(3-8(9)14)5-24(21,22)23/h1-4H,5H2,(H,18,19,20)(H2,21,22,23). The van der Waals surface area contributed by atoms with Crippen molar-refractivity contribution in [2.45, 2.75) is 12.3 Å². The van der Waals surface area contributed by atoms with Crippen LogP contribution in [0.4, 0.5) is 29.2 Å². The van der Waals surface area contributed by atoms with Gasteiger partial charge in [-0.15, -0.1) is 0 Å². The van der Waals surface area contributed by atoms with E-state index in [1.54, 1.807) is 0 Å². The number of benzene rings is 1. The summed E-state index contributed by atoms with van der Waals surface area (Å²) in [4.78, 5) is 24.5. The molecule has 1 heterocycles. The predicted molar refractivity (Wildman–Crippen MR) is 77.5 cm³/mol. The highest BCUT2D eigenvalue weighted by Crippen LogP contribution is 2.39. The van der Waals surface area contributed by atoms with E-state index in [0.29, 0.717) is 6.20 Å². The third-order valence-electron chi connectivity index (χ3n) is 2.72. The molecule has 0 unspecified atom stereocenters. The second kappa shape index (κ2) is 6.64. The molecule has 0 saturated carbocycles. The van der Waals surface area contributed by atoms with Crippen molar-refractivity contribution < 1.29 is 31.9 Å². The summed E-state index contributed by atoms with van der Waals surface area (Å²) in [6.45, 7) is 0. The van der Waals surface area contributed by atoms with Gasteiger partial charge in [-0.3, -0.25) is 4.57 Å². The van der Waals surface area contributed by atoms with Crippen LogP contribution >= 0.6 is 19.2 Å². The molecule has 0 aliphatic heterocycles. The van der Waals surface area contributed by atoms with E-state index in [-0.39, 0.29) is 17.2 Å². The smallest absolute Gasteiger partial charge is 0.324 e. The largest absolute Gasteiger partial charge is 0.420 e. The van der Waals surface area contributed by atoms with Gasteiger partial charge in [0.2, 0.25) is 5.95 Å². The molecule has 0 aliphatic rings.